The SMILES string of the molecule is O=C(NCc1ccc(Br)cc1F)c1nc(-c2ccc(F)cc2)n2ccccc12. The van der Waals surface area contributed by atoms with Crippen LogP contribution in [0, 0.1) is 11.6 Å². The fourth-order valence-corrected chi connectivity index (χ4v) is 3.26. The zero-order valence-electron chi connectivity index (χ0n) is 14.5. The van der Waals surface area contributed by atoms with Crippen LogP contribution in [0.3, 0.4) is 0 Å². The van der Waals surface area contributed by atoms with Crippen LogP contribution >= 0.6 is 15.9 Å². The molecule has 2 heterocycles. The Morgan fingerprint density at radius 3 is 2.61 bits per heavy atom. The molecule has 1 amide bonds. The highest BCUT2D eigenvalue weighted by Crippen LogP contribution is 2.23. The van der Waals surface area contributed by atoms with Gasteiger partial charge in [-0.25, -0.2) is 13.8 Å². The van der Waals surface area contributed by atoms with Gasteiger partial charge in [0.2, 0.25) is 0 Å². The molecule has 0 spiro atoms. The third-order valence-electron chi connectivity index (χ3n) is 4.32. The molecule has 7 heteroatoms. The Kier molecular flexibility index (Phi) is 4.92. The average Bonchev–Trinajstić information content (AvgIpc) is 3.07. The molecule has 4 nitrogen and oxygen atoms in total. The summed E-state index contributed by atoms with van der Waals surface area (Å²) < 4.78 is 29.6. The molecule has 28 heavy (non-hydrogen) atoms. The summed E-state index contributed by atoms with van der Waals surface area (Å²) in [7, 11) is 0. The van der Waals surface area contributed by atoms with Gasteiger partial charge in [-0.15, -0.1) is 0 Å². The third kappa shape index (κ3) is 3.53. The Morgan fingerprint density at radius 2 is 1.86 bits per heavy atom. The minimum Gasteiger partial charge on any atom is -0.346 e. The third-order valence-corrected chi connectivity index (χ3v) is 4.81. The van der Waals surface area contributed by atoms with E-state index in [1.54, 1.807) is 47.0 Å². The van der Waals surface area contributed by atoms with Crippen molar-refractivity contribution in [2.24, 2.45) is 0 Å². The second-order valence-electron chi connectivity index (χ2n) is 6.17. The van der Waals surface area contributed by atoms with Crippen molar-refractivity contribution in [2.75, 3.05) is 0 Å². The molecule has 0 bridgehead atoms. The van der Waals surface area contributed by atoms with E-state index in [9.17, 15) is 13.6 Å². The number of imidazole rings is 1. The Morgan fingerprint density at radius 1 is 1.07 bits per heavy atom. The smallest absolute Gasteiger partial charge is 0.272 e. The van der Waals surface area contributed by atoms with Crippen LogP contribution in [0.4, 0.5) is 8.78 Å². The van der Waals surface area contributed by atoms with Gasteiger partial charge in [-0.2, -0.15) is 0 Å². The molecule has 0 saturated carbocycles. The van der Waals surface area contributed by atoms with Crippen molar-refractivity contribution in [3.8, 4) is 11.4 Å². The number of amides is 1. The van der Waals surface area contributed by atoms with Gasteiger partial charge in [0, 0.05) is 28.3 Å². The van der Waals surface area contributed by atoms with Crippen LogP contribution in [0.1, 0.15) is 16.1 Å². The minimum atomic E-state index is -0.417. The monoisotopic (exact) mass is 441 g/mol. The van der Waals surface area contributed by atoms with E-state index in [2.05, 4.69) is 26.2 Å². The van der Waals surface area contributed by atoms with Crippen LogP contribution in [0.2, 0.25) is 0 Å². The second kappa shape index (κ2) is 7.52. The molecular weight excluding hydrogens is 428 g/mol. The van der Waals surface area contributed by atoms with Gasteiger partial charge < -0.3 is 5.32 Å². The molecular formula is C21H14BrF2N3O. The number of fused-ring (bicyclic) bond motifs is 1. The van der Waals surface area contributed by atoms with E-state index in [4.69, 9.17) is 0 Å². The fourth-order valence-electron chi connectivity index (χ4n) is 2.93. The van der Waals surface area contributed by atoms with E-state index < -0.39 is 11.7 Å². The standard InChI is InChI=1S/C21H14BrF2N3O/c22-15-7-4-14(17(24)11-15)12-25-21(28)19-18-3-1-2-10-27(18)20(26-19)13-5-8-16(23)9-6-13/h1-11H,12H2,(H,25,28). The number of carbonyl (C=O) groups is 1. The van der Waals surface area contributed by atoms with Gasteiger partial charge in [0.25, 0.3) is 5.91 Å². The summed E-state index contributed by atoms with van der Waals surface area (Å²) in [5.41, 5.74) is 1.88. The summed E-state index contributed by atoms with van der Waals surface area (Å²) in [4.78, 5) is 17.2. The molecule has 0 radical (unpaired) electrons. The maximum atomic E-state index is 14.0. The molecule has 0 atom stereocenters. The molecule has 0 aliphatic carbocycles. The first-order chi connectivity index (χ1) is 13.5. The number of pyridine rings is 1. The maximum Gasteiger partial charge on any atom is 0.272 e. The predicted octanol–water partition coefficient (Wildman–Crippen LogP) is 4.97. The van der Waals surface area contributed by atoms with E-state index >= 15 is 0 Å². The molecule has 0 unspecified atom stereocenters. The Labute approximate surface area is 168 Å². The van der Waals surface area contributed by atoms with Crippen LogP contribution in [-0.2, 0) is 6.54 Å². The molecule has 0 fully saturated rings. The molecule has 0 aliphatic heterocycles. The normalized spacial score (nSPS) is 11.0. The number of aromatic nitrogens is 2. The van der Waals surface area contributed by atoms with Crippen molar-refractivity contribution in [1.29, 1.82) is 0 Å². The lowest BCUT2D eigenvalue weighted by atomic mass is 10.2. The molecule has 2 aromatic heterocycles. The van der Waals surface area contributed by atoms with Gasteiger partial charge >= 0.3 is 0 Å². The van der Waals surface area contributed by atoms with Crippen molar-refractivity contribution in [3.63, 3.8) is 0 Å². The van der Waals surface area contributed by atoms with Gasteiger partial charge in [-0.1, -0.05) is 28.1 Å². The molecule has 0 saturated heterocycles. The summed E-state index contributed by atoms with van der Waals surface area (Å²) >= 11 is 3.21. The van der Waals surface area contributed by atoms with E-state index in [0.29, 0.717) is 26.9 Å². The molecule has 1 N–H and O–H groups in total. The Balaban J connectivity index is 1.66. The zero-order chi connectivity index (χ0) is 19.7. The van der Waals surface area contributed by atoms with E-state index in [0.717, 1.165) is 0 Å². The second-order valence-corrected chi connectivity index (χ2v) is 7.08. The van der Waals surface area contributed by atoms with E-state index in [-0.39, 0.29) is 18.1 Å². The lowest BCUT2D eigenvalue weighted by Gasteiger charge is -2.05. The first kappa shape index (κ1) is 18.3. The lowest BCUT2D eigenvalue weighted by molar-refractivity contribution is 0.0948. The number of hydrogen-bond acceptors (Lipinski definition) is 2. The van der Waals surface area contributed by atoms with Gasteiger partial charge in [0.15, 0.2) is 5.69 Å². The first-order valence-corrected chi connectivity index (χ1v) is 9.27. The molecule has 2 aromatic carbocycles. The van der Waals surface area contributed by atoms with Crippen molar-refractivity contribution in [1.82, 2.24) is 14.7 Å². The first-order valence-electron chi connectivity index (χ1n) is 8.48. The molecule has 0 aliphatic rings. The van der Waals surface area contributed by atoms with Gasteiger partial charge in [0.1, 0.15) is 17.5 Å². The highest BCUT2D eigenvalue weighted by Gasteiger charge is 2.18. The van der Waals surface area contributed by atoms with Crippen molar-refractivity contribution >= 4 is 27.4 Å². The number of benzene rings is 2. The van der Waals surface area contributed by atoms with Crippen molar-refractivity contribution < 1.29 is 13.6 Å². The number of rotatable bonds is 4. The quantitative estimate of drug-likeness (QED) is 0.485. The zero-order valence-corrected chi connectivity index (χ0v) is 16.1. The van der Waals surface area contributed by atoms with Crippen LogP contribution in [0.15, 0.2) is 71.3 Å². The summed E-state index contributed by atoms with van der Waals surface area (Å²) in [6.45, 7) is 0.0374. The van der Waals surface area contributed by atoms with E-state index in [1.165, 1.54) is 18.2 Å². The largest absolute Gasteiger partial charge is 0.346 e. The minimum absolute atomic E-state index is 0.0374. The van der Waals surface area contributed by atoms with Gasteiger partial charge in [-0.05, 0) is 48.5 Å². The lowest BCUT2D eigenvalue weighted by Crippen LogP contribution is -2.24. The average molecular weight is 442 g/mol. The number of nitrogens with one attached hydrogen (secondary N) is 1. The fraction of sp³-hybridized carbons (Fsp3) is 0.0476. The molecule has 140 valence electrons. The highest BCUT2D eigenvalue weighted by molar-refractivity contribution is 9.10. The highest BCUT2D eigenvalue weighted by atomic mass is 79.9. The number of nitrogens with zero attached hydrogens (tertiary/aromatic N) is 2. The van der Waals surface area contributed by atoms with Crippen molar-refractivity contribution in [2.45, 2.75) is 6.54 Å². The van der Waals surface area contributed by atoms with Crippen LogP contribution < -0.4 is 5.32 Å². The molecule has 4 aromatic rings. The number of hydrogen-bond donors (Lipinski definition) is 1. The van der Waals surface area contributed by atoms with Crippen LogP contribution in [0.5, 0.6) is 0 Å². The summed E-state index contributed by atoms with van der Waals surface area (Å²) in [5, 5.41) is 2.71. The maximum absolute atomic E-state index is 14.0. The summed E-state index contributed by atoms with van der Waals surface area (Å²) in [5.74, 6) is -0.648. The Hall–Kier alpha value is -3.06. The van der Waals surface area contributed by atoms with Gasteiger partial charge in [-0.3, -0.25) is 9.20 Å². The summed E-state index contributed by atoms with van der Waals surface area (Å²) in [6.07, 6.45) is 1.78. The molecule has 4 rings (SSSR count). The number of halogens is 3. The van der Waals surface area contributed by atoms with Crippen LogP contribution in [-0.4, -0.2) is 15.3 Å². The predicted molar refractivity (Wildman–Crippen MR) is 106 cm³/mol. The Bertz CT molecular complexity index is 1170. The van der Waals surface area contributed by atoms with Crippen LogP contribution in [0.25, 0.3) is 16.9 Å². The van der Waals surface area contributed by atoms with Crippen molar-refractivity contribution in [3.05, 3.63) is 94.2 Å². The summed E-state index contributed by atoms with van der Waals surface area (Å²) in [6, 6.07) is 16.0. The van der Waals surface area contributed by atoms with Gasteiger partial charge in [0.05, 0.1) is 5.52 Å². The number of carbonyl (C=O) groups excluding carboxylic acids is 1. The van der Waals surface area contributed by atoms with E-state index in [1.807, 2.05) is 6.07 Å². The topological polar surface area (TPSA) is 46.4 Å².